The van der Waals surface area contributed by atoms with E-state index >= 15 is 0 Å². The fourth-order valence-corrected chi connectivity index (χ4v) is 3.88. The van der Waals surface area contributed by atoms with Crippen molar-refractivity contribution in [2.24, 2.45) is 0 Å². The van der Waals surface area contributed by atoms with Gasteiger partial charge >= 0.3 is 12.1 Å². The largest absolute Gasteiger partial charge is 0.456 e. The van der Waals surface area contributed by atoms with Gasteiger partial charge in [0, 0.05) is 12.2 Å². The summed E-state index contributed by atoms with van der Waals surface area (Å²) in [6, 6.07) is 8.80. The highest BCUT2D eigenvalue weighted by Crippen LogP contribution is 2.30. The monoisotopic (exact) mass is 472 g/mol. The zero-order chi connectivity index (χ0) is 23.9. The van der Waals surface area contributed by atoms with Gasteiger partial charge in [-0.3, -0.25) is 9.59 Å². The summed E-state index contributed by atoms with van der Waals surface area (Å²) in [5.74, 6) is -1.39. The summed E-state index contributed by atoms with van der Waals surface area (Å²) in [5.41, 5.74) is 1.32. The lowest BCUT2D eigenvalue weighted by atomic mass is 10.1. The van der Waals surface area contributed by atoms with Crippen molar-refractivity contribution in [2.75, 3.05) is 18.5 Å². The standard InChI is InChI=1S/C21H23F3N2O5S/c1-3-15-7-4-6-14(2)20(15)26-18(27)13-31-19(28)10-11-25-32(29,30)17-9-5-8-16(12-17)21(22,23)24/h4-9,12,25H,3,10-11,13H2,1-2H3,(H,26,27). The lowest BCUT2D eigenvalue weighted by Crippen LogP contribution is -2.28. The van der Waals surface area contributed by atoms with E-state index in [1.807, 2.05) is 36.8 Å². The van der Waals surface area contributed by atoms with Gasteiger partial charge in [-0.25, -0.2) is 13.1 Å². The Morgan fingerprint density at radius 1 is 1.09 bits per heavy atom. The Kier molecular flexibility index (Phi) is 8.39. The fourth-order valence-electron chi connectivity index (χ4n) is 2.81. The van der Waals surface area contributed by atoms with Crippen LogP contribution in [0.1, 0.15) is 30.0 Å². The number of hydrogen-bond acceptors (Lipinski definition) is 5. The summed E-state index contributed by atoms with van der Waals surface area (Å²) in [6.45, 7) is 2.80. The van der Waals surface area contributed by atoms with E-state index in [1.54, 1.807) is 0 Å². The molecule has 0 saturated carbocycles. The average molecular weight is 472 g/mol. The van der Waals surface area contributed by atoms with Crippen LogP contribution in [0.25, 0.3) is 0 Å². The molecule has 1 amide bonds. The highest BCUT2D eigenvalue weighted by atomic mass is 32.2. The number of sulfonamides is 1. The molecule has 0 aromatic heterocycles. The molecule has 7 nitrogen and oxygen atoms in total. The van der Waals surface area contributed by atoms with Crippen molar-refractivity contribution in [1.29, 1.82) is 0 Å². The lowest BCUT2D eigenvalue weighted by Gasteiger charge is -2.13. The van der Waals surface area contributed by atoms with Crippen LogP contribution in [0.4, 0.5) is 18.9 Å². The van der Waals surface area contributed by atoms with E-state index in [0.29, 0.717) is 18.2 Å². The lowest BCUT2D eigenvalue weighted by molar-refractivity contribution is -0.147. The molecule has 2 aromatic carbocycles. The number of esters is 1. The van der Waals surface area contributed by atoms with Crippen molar-refractivity contribution in [3.8, 4) is 0 Å². The molecule has 0 radical (unpaired) electrons. The Balaban J connectivity index is 1.84. The number of nitrogens with one attached hydrogen (secondary N) is 2. The molecule has 2 aromatic rings. The number of para-hydroxylation sites is 1. The molecule has 0 spiro atoms. The van der Waals surface area contributed by atoms with Gasteiger partial charge in [0.25, 0.3) is 5.91 Å². The normalized spacial score (nSPS) is 11.8. The molecule has 0 saturated heterocycles. The van der Waals surface area contributed by atoms with Crippen LogP contribution in [0, 0.1) is 6.92 Å². The van der Waals surface area contributed by atoms with E-state index in [1.165, 1.54) is 0 Å². The third kappa shape index (κ3) is 7.06. The summed E-state index contributed by atoms with van der Waals surface area (Å²) < 4.78 is 69.5. The summed E-state index contributed by atoms with van der Waals surface area (Å²) >= 11 is 0. The number of carbonyl (C=O) groups excluding carboxylic acids is 2. The zero-order valence-corrected chi connectivity index (χ0v) is 18.3. The Bertz CT molecular complexity index is 1090. The van der Waals surface area contributed by atoms with Gasteiger partial charge < -0.3 is 10.1 Å². The maximum Gasteiger partial charge on any atom is 0.416 e. The second-order valence-corrected chi connectivity index (χ2v) is 8.61. The third-order valence-corrected chi connectivity index (χ3v) is 5.92. The van der Waals surface area contributed by atoms with Crippen LogP contribution in [-0.2, 0) is 36.9 Å². The fraction of sp³-hybridized carbons (Fsp3) is 0.333. The smallest absolute Gasteiger partial charge is 0.416 e. The predicted octanol–water partition coefficient (Wildman–Crippen LogP) is 3.43. The van der Waals surface area contributed by atoms with Gasteiger partial charge in [-0.2, -0.15) is 13.2 Å². The molecule has 174 valence electrons. The molecule has 0 aliphatic rings. The second-order valence-electron chi connectivity index (χ2n) is 6.84. The maximum absolute atomic E-state index is 12.8. The number of alkyl halides is 3. The van der Waals surface area contributed by atoms with Gasteiger partial charge in [0.15, 0.2) is 6.61 Å². The van der Waals surface area contributed by atoms with Crippen molar-refractivity contribution in [3.05, 3.63) is 59.2 Å². The quantitative estimate of drug-likeness (QED) is 0.545. The van der Waals surface area contributed by atoms with Gasteiger partial charge in [0.2, 0.25) is 10.0 Å². The molecular weight excluding hydrogens is 449 g/mol. The SMILES string of the molecule is CCc1cccc(C)c1NC(=O)COC(=O)CCNS(=O)(=O)c1cccc(C(F)(F)F)c1. The van der Waals surface area contributed by atoms with E-state index in [2.05, 4.69) is 5.32 Å². The number of ether oxygens (including phenoxy) is 1. The van der Waals surface area contributed by atoms with Crippen molar-refractivity contribution in [1.82, 2.24) is 4.72 Å². The van der Waals surface area contributed by atoms with Crippen LogP contribution in [0.2, 0.25) is 0 Å². The van der Waals surface area contributed by atoms with Crippen molar-refractivity contribution in [2.45, 2.75) is 37.8 Å². The first kappa shape index (κ1) is 25.3. The molecule has 0 aliphatic heterocycles. The zero-order valence-electron chi connectivity index (χ0n) is 17.5. The minimum Gasteiger partial charge on any atom is -0.456 e. The van der Waals surface area contributed by atoms with E-state index in [9.17, 15) is 31.2 Å². The first-order valence-electron chi connectivity index (χ1n) is 9.65. The average Bonchev–Trinajstić information content (AvgIpc) is 2.73. The Morgan fingerprint density at radius 3 is 2.44 bits per heavy atom. The van der Waals surface area contributed by atoms with Gasteiger partial charge in [-0.1, -0.05) is 31.2 Å². The first-order valence-corrected chi connectivity index (χ1v) is 11.1. The number of halogens is 3. The summed E-state index contributed by atoms with van der Waals surface area (Å²) in [4.78, 5) is 23.3. The summed E-state index contributed by atoms with van der Waals surface area (Å²) in [7, 11) is -4.26. The van der Waals surface area contributed by atoms with Crippen LogP contribution in [-0.4, -0.2) is 33.4 Å². The van der Waals surface area contributed by atoms with Gasteiger partial charge in [0.05, 0.1) is 16.9 Å². The molecule has 0 aliphatic carbocycles. The molecule has 11 heteroatoms. The van der Waals surface area contributed by atoms with Crippen LogP contribution in [0.15, 0.2) is 47.4 Å². The molecule has 32 heavy (non-hydrogen) atoms. The van der Waals surface area contributed by atoms with Crippen LogP contribution in [0.5, 0.6) is 0 Å². The number of amides is 1. The maximum atomic E-state index is 12.8. The number of carbonyl (C=O) groups is 2. The van der Waals surface area contributed by atoms with E-state index in [0.717, 1.165) is 29.3 Å². The first-order chi connectivity index (χ1) is 14.9. The number of rotatable bonds is 9. The second kappa shape index (κ2) is 10.6. The number of hydrogen-bond donors (Lipinski definition) is 2. The van der Waals surface area contributed by atoms with Crippen LogP contribution >= 0.6 is 0 Å². The predicted molar refractivity (Wildman–Crippen MR) is 111 cm³/mol. The van der Waals surface area contributed by atoms with Gasteiger partial charge in [-0.05, 0) is 42.7 Å². The number of benzene rings is 2. The highest BCUT2D eigenvalue weighted by molar-refractivity contribution is 7.89. The summed E-state index contributed by atoms with van der Waals surface area (Å²) in [6.07, 6.45) is -4.40. The van der Waals surface area contributed by atoms with Crippen molar-refractivity contribution in [3.63, 3.8) is 0 Å². The number of anilines is 1. The molecule has 0 heterocycles. The minimum atomic E-state index is -4.69. The van der Waals surface area contributed by atoms with Crippen LogP contribution < -0.4 is 10.0 Å². The van der Waals surface area contributed by atoms with E-state index in [4.69, 9.17) is 4.74 Å². The van der Waals surface area contributed by atoms with E-state index in [-0.39, 0.29) is 0 Å². The van der Waals surface area contributed by atoms with Crippen molar-refractivity contribution < 1.29 is 35.9 Å². The molecule has 0 atom stereocenters. The topological polar surface area (TPSA) is 102 Å². The molecule has 2 N–H and O–H groups in total. The molecular formula is C21H23F3N2O5S. The molecule has 0 fully saturated rings. The third-order valence-electron chi connectivity index (χ3n) is 4.46. The van der Waals surface area contributed by atoms with Gasteiger partial charge in [-0.15, -0.1) is 0 Å². The van der Waals surface area contributed by atoms with Crippen LogP contribution in [0.3, 0.4) is 0 Å². The Hall–Kier alpha value is -2.92. The molecule has 0 bridgehead atoms. The number of aryl methyl sites for hydroxylation is 2. The summed E-state index contributed by atoms with van der Waals surface area (Å²) in [5, 5.41) is 2.68. The highest BCUT2D eigenvalue weighted by Gasteiger charge is 2.31. The Labute approximate surface area is 184 Å². The minimum absolute atomic E-state index is 0.406. The van der Waals surface area contributed by atoms with Crippen molar-refractivity contribution >= 4 is 27.6 Å². The van der Waals surface area contributed by atoms with Gasteiger partial charge in [0.1, 0.15) is 0 Å². The molecule has 0 unspecified atom stereocenters. The molecule has 2 rings (SSSR count). The Morgan fingerprint density at radius 2 is 1.78 bits per heavy atom. The van der Waals surface area contributed by atoms with E-state index < -0.39 is 58.1 Å².